The van der Waals surface area contributed by atoms with Crippen molar-refractivity contribution < 1.29 is 4.39 Å². The predicted octanol–water partition coefficient (Wildman–Crippen LogP) is 3.08. The molecule has 4 aromatic rings. The fourth-order valence-electron chi connectivity index (χ4n) is 2.39. The molecule has 3 aromatic heterocycles. The molecular formula is C15H9FN4. The number of halogens is 1. The minimum Gasteiger partial charge on any atom is -0.297 e. The van der Waals surface area contributed by atoms with Crippen LogP contribution >= 0.6 is 0 Å². The van der Waals surface area contributed by atoms with Gasteiger partial charge in [0.1, 0.15) is 5.82 Å². The summed E-state index contributed by atoms with van der Waals surface area (Å²) in [6.45, 7) is 0. The van der Waals surface area contributed by atoms with Gasteiger partial charge in [-0.15, -0.1) is 0 Å². The summed E-state index contributed by atoms with van der Waals surface area (Å²) in [4.78, 5) is 12.7. The first-order chi connectivity index (χ1) is 9.83. The van der Waals surface area contributed by atoms with E-state index < -0.39 is 0 Å². The molecule has 20 heavy (non-hydrogen) atoms. The monoisotopic (exact) mass is 264 g/mol. The van der Waals surface area contributed by atoms with Gasteiger partial charge in [0, 0.05) is 29.5 Å². The molecule has 0 aliphatic carbocycles. The summed E-state index contributed by atoms with van der Waals surface area (Å²) in [5, 5.41) is 0.770. The molecule has 4 nitrogen and oxygen atoms in total. The van der Waals surface area contributed by atoms with E-state index in [1.165, 1.54) is 12.1 Å². The van der Waals surface area contributed by atoms with Crippen molar-refractivity contribution in [1.82, 2.24) is 19.4 Å². The highest BCUT2D eigenvalue weighted by Gasteiger charge is 2.11. The van der Waals surface area contributed by atoms with Crippen molar-refractivity contribution in [3.8, 4) is 11.3 Å². The minimum atomic E-state index is -0.287. The zero-order chi connectivity index (χ0) is 13.5. The third-order valence-electron chi connectivity index (χ3n) is 3.26. The van der Waals surface area contributed by atoms with Crippen LogP contribution in [0.2, 0.25) is 0 Å². The second-order valence-corrected chi connectivity index (χ2v) is 4.48. The highest BCUT2D eigenvalue weighted by atomic mass is 19.1. The van der Waals surface area contributed by atoms with Crippen LogP contribution in [0.15, 0.2) is 55.2 Å². The van der Waals surface area contributed by atoms with E-state index in [2.05, 4.69) is 15.0 Å². The van der Waals surface area contributed by atoms with E-state index in [1.807, 2.05) is 10.5 Å². The fraction of sp³-hybridized carbons (Fsp3) is 0. The molecule has 0 fully saturated rings. The predicted molar refractivity (Wildman–Crippen MR) is 73.7 cm³/mol. The van der Waals surface area contributed by atoms with Gasteiger partial charge in [-0.05, 0) is 18.2 Å². The van der Waals surface area contributed by atoms with Crippen LogP contribution in [0.1, 0.15) is 0 Å². The quantitative estimate of drug-likeness (QED) is 0.530. The largest absolute Gasteiger partial charge is 0.297 e. The van der Waals surface area contributed by atoms with E-state index in [-0.39, 0.29) is 5.82 Å². The van der Waals surface area contributed by atoms with Gasteiger partial charge in [0.15, 0.2) is 5.65 Å². The number of fused-ring (bicyclic) bond motifs is 2. The standard InChI is InChI=1S/C15H9FN4/c16-11-6-10-2-1-3-18-15(10)12(7-11)13-8-19-14-9-17-4-5-20(13)14/h1-9H. The number of hydrogen-bond donors (Lipinski definition) is 0. The van der Waals surface area contributed by atoms with Crippen LogP contribution in [0, 0.1) is 5.82 Å². The normalized spacial score (nSPS) is 11.2. The van der Waals surface area contributed by atoms with Gasteiger partial charge in [-0.2, -0.15) is 0 Å². The van der Waals surface area contributed by atoms with Crippen LogP contribution < -0.4 is 0 Å². The molecule has 0 saturated heterocycles. The molecule has 1 aromatic carbocycles. The van der Waals surface area contributed by atoms with E-state index in [9.17, 15) is 4.39 Å². The number of imidazole rings is 1. The number of benzene rings is 1. The second-order valence-electron chi connectivity index (χ2n) is 4.48. The first-order valence-corrected chi connectivity index (χ1v) is 6.15. The maximum absolute atomic E-state index is 13.8. The molecule has 0 bridgehead atoms. The van der Waals surface area contributed by atoms with Gasteiger partial charge in [0.25, 0.3) is 0 Å². The number of hydrogen-bond acceptors (Lipinski definition) is 3. The molecule has 0 saturated carbocycles. The Labute approximate surface area is 113 Å². The average Bonchev–Trinajstić information content (AvgIpc) is 2.90. The zero-order valence-electron chi connectivity index (χ0n) is 10.4. The molecular weight excluding hydrogens is 255 g/mol. The van der Waals surface area contributed by atoms with Gasteiger partial charge in [0.05, 0.1) is 23.6 Å². The summed E-state index contributed by atoms with van der Waals surface area (Å²) in [6.07, 6.45) is 8.55. The lowest BCUT2D eigenvalue weighted by Crippen LogP contribution is -1.92. The molecule has 0 aliphatic heterocycles. The molecule has 0 N–H and O–H groups in total. The van der Waals surface area contributed by atoms with Crippen molar-refractivity contribution in [1.29, 1.82) is 0 Å². The summed E-state index contributed by atoms with van der Waals surface area (Å²) >= 11 is 0. The highest BCUT2D eigenvalue weighted by Crippen LogP contribution is 2.28. The molecule has 0 unspecified atom stereocenters. The molecule has 0 amide bonds. The molecule has 96 valence electrons. The SMILES string of the molecule is Fc1cc(-c2cnc3cnccn23)c2ncccc2c1. The Morgan fingerprint density at radius 3 is 2.95 bits per heavy atom. The van der Waals surface area contributed by atoms with E-state index in [0.717, 1.165) is 27.8 Å². The van der Waals surface area contributed by atoms with Gasteiger partial charge in [-0.1, -0.05) is 6.07 Å². The first kappa shape index (κ1) is 11.0. The topological polar surface area (TPSA) is 43.1 Å². The Bertz CT molecular complexity index is 929. The Kier molecular flexibility index (Phi) is 2.26. The van der Waals surface area contributed by atoms with Crippen LogP contribution in [0.4, 0.5) is 4.39 Å². The van der Waals surface area contributed by atoms with Crippen molar-refractivity contribution in [3.05, 3.63) is 61.1 Å². The van der Waals surface area contributed by atoms with Crippen LogP contribution in [-0.4, -0.2) is 19.4 Å². The first-order valence-electron chi connectivity index (χ1n) is 6.15. The van der Waals surface area contributed by atoms with Gasteiger partial charge in [-0.3, -0.25) is 14.4 Å². The average molecular weight is 264 g/mol. The van der Waals surface area contributed by atoms with Crippen LogP contribution in [0.25, 0.3) is 27.8 Å². The van der Waals surface area contributed by atoms with Gasteiger partial charge in [-0.25, -0.2) is 9.37 Å². The maximum atomic E-state index is 13.8. The highest BCUT2D eigenvalue weighted by molar-refractivity contribution is 5.93. The maximum Gasteiger partial charge on any atom is 0.155 e. The van der Waals surface area contributed by atoms with Crippen LogP contribution in [0.3, 0.4) is 0 Å². The smallest absolute Gasteiger partial charge is 0.155 e. The molecule has 0 atom stereocenters. The molecule has 4 rings (SSSR count). The molecule has 3 heterocycles. The second kappa shape index (κ2) is 4.09. The molecule has 0 radical (unpaired) electrons. The molecule has 0 aliphatic rings. The Hall–Kier alpha value is -2.82. The lowest BCUT2D eigenvalue weighted by Gasteiger charge is -2.06. The van der Waals surface area contributed by atoms with Crippen molar-refractivity contribution in [2.75, 3.05) is 0 Å². The number of pyridine rings is 1. The third-order valence-corrected chi connectivity index (χ3v) is 3.26. The summed E-state index contributed by atoms with van der Waals surface area (Å²) in [5.74, 6) is -0.287. The third kappa shape index (κ3) is 1.56. The molecule has 0 spiro atoms. The summed E-state index contributed by atoms with van der Waals surface area (Å²) in [5.41, 5.74) is 2.99. The van der Waals surface area contributed by atoms with Gasteiger partial charge >= 0.3 is 0 Å². The summed E-state index contributed by atoms with van der Waals surface area (Å²) < 4.78 is 15.7. The van der Waals surface area contributed by atoms with Crippen molar-refractivity contribution >= 4 is 16.6 Å². The Morgan fingerprint density at radius 1 is 1.05 bits per heavy atom. The van der Waals surface area contributed by atoms with Gasteiger partial charge < -0.3 is 0 Å². The van der Waals surface area contributed by atoms with Crippen molar-refractivity contribution in [2.45, 2.75) is 0 Å². The summed E-state index contributed by atoms with van der Waals surface area (Å²) in [6, 6.07) is 6.61. The minimum absolute atomic E-state index is 0.287. The van der Waals surface area contributed by atoms with Crippen molar-refractivity contribution in [3.63, 3.8) is 0 Å². The number of rotatable bonds is 1. The Morgan fingerprint density at radius 2 is 2.00 bits per heavy atom. The number of aromatic nitrogens is 4. The number of nitrogens with zero attached hydrogens (tertiary/aromatic N) is 4. The van der Waals surface area contributed by atoms with Crippen LogP contribution in [0.5, 0.6) is 0 Å². The lowest BCUT2D eigenvalue weighted by molar-refractivity contribution is 0.630. The van der Waals surface area contributed by atoms with Crippen LogP contribution in [-0.2, 0) is 0 Å². The van der Waals surface area contributed by atoms with E-state index in [4.69, 9.17) is 0 Å². The fourth-order valence-corrected chi connectivity index (χ4v) is 2.39. The van der Waals surface area contributed by atoms with E-state index >= 15 is 0 Å². The van der Waals surface area contributed by atoms with E-state index in [0.29, 0.717) is 0 Å². The van der Waals surface area contributed by atoms with Crippen molar-refractivity contribution in [2.24, 2.45) is 0 Å². The van der Waals surface area contributed by atoms with E-state index in [1.54, 1.807) is 37.1 Å². The summed E-state index contributed by atoms with van der Waals surface area (Å²) in [7, 11) is 0. The Balaban J connectivity index is 2.12. The molecule has 5 heteroatoms. The van der Waals surface area contributed by atoms with Gasteiger partial charge in [0.2, 0.25) is 0 Å². The zero-order valence-corrected chi connectivity index (χ0v) is 10.4. The lowest BCUT2D eigenvalue weighted by atomic mass is 10.1.